The average Bonchev–Trinajstić information content (AvgIpc) is 3.63. The zero-order chi connectivity index (χ0) is 26.8. The lowest BCUT2D eigenvalue weighted by atomic mass is 9.83. The Morgan fingerprint density at radius 1 is 1.05 bits per heavy atom. The van der Waals surface area contributed by atoms with Crippen LogP contribution in [0.4, 0.5) is 5.82 Å². The molecular weight excluding hydrogens is 554 g/mol. The molecule has 2 unspecified atom stereocenters. The van der Waals surface area contributed by atoms with Crippen LogP contribution in [0.5, 0.6) is 5.75 Å². The second-order valence-electron chi connectivity index (χ2n) is 10.9. The van der Waals surface area contributed by atoms with Crippen LogP contribution in [0.1, 0.15) is 50.0 Å². The van der Waals surface area contributed by atoms with Crippen molar-refractivity contribution in [1.82, 2.24) is 19.5 Å². The first-order valence-electron chi connectivity index (χ1n) is 14.0. The zero-order valence-corrected chi connectivity index (χ0v) is 23.6. The lowest BCUT2D eigenvalue weighted by Crippen LogP contribution is -2.45. The van der Waals surface area contributed by atoms with E-state index in [-0.39, 0.29) is 11.7 Å². The molecule has 1 aliphatic carbocycles. The van der Waals surface area contributed by atoms with Gasteiger partial charge >= 0.3 is 0 Å². The number of hydrogen-bond acceptors (Lipinski definition) is 5. The third-order valence-electron chi connectivity index (χ3n) is 8.31. The van der Waals surface area contributed by atoms with Crippen LogP contribution in [-0.2, 0) is 4.79 Å². The monoisotopic (exact) mass is 587 g/mol. The highest BCUT2D eigenvalue weighted by Crippen LogP contribution is 2.39. The Morgan fingerprint density at radius 3 is 2.62 bits per heavy atom. The van der Waals surface area contributed by atoms with Crippen molar-refractivity contribution in [2.75, 3.05) is 25.0 Å². The molecule has 1 saturated heterocycles. The molecule has 0 bridgehead atoms. The summed E-state index contributed by atoms with van der Waals surface area (Å²) in [5.74, 6) is 2.02. The molecule has 4 aromatic rings. The number of aromatic hydroxyl groups is 1. The highest BCUT2D eigenvalue weighted by Gasteiger charge is 2.36. The van der Waals surface area contributed by atoms with Crippen molar-refractivity contribution < 1.29 is 9.90 Å². The minimum absolute atomic E-state index is 0.0391. The number of nitrogens with zero attached hydrogens (tertiary/aromatic N) is 4. The first-order valence-corrected chi connectivity index (χ1v) is 14.8. The molecule has 2 aromatic heterocycles. The molecule has 2 aliphatic rings. The number of piperidine rings is 1. The molecule has 0 radical (unpaired) electrons. The van der Waals surface area contributed by atoms with Crippen LogP contribution in [0.15, 0.2) is 71.3 Å². The van der Waals surface area contributed by atoms with E-state index in [1.54, 1.807) is 22.8 Å². The smallest absolute Gasteiger partial charge is 0.230 e. The number of aromatic nitrogens is 3. The van der Waals surface area contributed by atoms with Crippen molar-refractivity contribution in [2.45, 2.75) is 44.4 Å². The van der Waals surface area contributed by atoms with Crippen molar-refractivity contribution in [1.29, 1.82) is 0 Å². The molecule has 2 aromatic carbocycles. The van der Waals surface area contributed by atoms with Crippen LogP contribution in [-0.4, -0.2) is 50.1 Å². The Balaban J connectivity index is 1.20. The molecule has 3 heterocycles. The Bertz CT molecular complexity index is 1450. The maximum absolute atomic E-state index is 14.0. The number of phenols is 1. The first-order chi connectivity index (χ1) is 19.1. The van der Waals surface area contributed by atoms with Gasteiger partial charge in [-0.05, 0) is 71.1 Å². The summed E-state index contributed by atoms with van der Waals surface area (Å²) in [6, 6.07) is 19.5. The second-order valence-corrected chi connectivity index (χ2v) is 11.7. The SMILES string of the molecule is O=C(C(c1ccccc1)C1CCCC1)N1CCCC(CNc2cc(-c3ccccc3O)nc3c(Br)cnn23)C1. The molecule has 8 heteroatoms. The minimum Gasteiger partial charge on any atom is -0.507 e. The molecule has 6 rings (SSSR count). The predicted molar refractivity (Wildman–Crippen MR) is 157 cm³/mol. The lowest BCUT2D eigenvalue weighted by Gasteiger charge is -2.37. The average molecular weight is 589 g/mol. The molecule has 202 valence electrons. The molecule has 39 heavy (non-hydrogen) atoms. The number of hydrogen-bond donors (Lipinski definition) is 2. The van der Waals surface area contributed by atoms with E-state index in [1.165, 1.54) is 12.8 Å². The number of amides is 1. The highest BCUT2D eigenvalue weighted by atomic mass is 79.9. The molecule has 1 amide bonds. The Hall–Kier alpha value is -3.39. The zero-order valence-electron chi connectivity index (χ0n) is 22.0. The van der Waals surface area contributed by atoms with Crippen molar-refractivity contribution in [3.8, 4) is 17.0 Å². The number of para-hydroxylation sites is 1. The van der Waals surface area contributed by atoms with Crippen LogP contribution in [0, 0.1) is 11.8 Å². The number of rotatable bonds is 7. The summed E-state index contributed by atoms with van der Waals surface area (Å²) >= 11 is 3.56. The fourth-order valence-corrected chi connectivity index (χ4v) is 6.68. The van der Waals surface area contributed by atoms with Gasteiger partial charge in [0.15, 0.2) is 5.65 Å². The number of likely N-dealkylation sites (tertiary alicyclic amines) is 1. The standard InChI is InChI=1S/C31H34BrN5O2/c32-25-19-34-37-28(17-26(35-30(25)37)24-14-6-7-15-27(24)38)33-18-21-9-8-16-36(20-21)31(39)29(23-12-4-5-13-23)22-10-2-1-3-11-22/h1-3,6-7,10-11,14-15,17,19,21,23,29,33,38H,4-5,8-9,12-13,16,18,20H2. The van der Waals surface area contributed by atoms with Gasteiger partial charge in [-0.3, -0.25) is 4.79 Å². The maximum atomic E-state index is 14.0. The summed E-state index contributed by atoms with van der Waals surface area (Å²) in [6.45, 7) is 2.31. The van der Waals surface area contributed by atoms with Gasteiger partial charge in [0.1, 0.15) is 11.6 Å². The highest BCUT2D eigenvalue weighted by molar-refractivity contribution is 9.10. The van der Waals surface area contributed by atoms with E-state index in [0.717, 1.165) is 61.2 Å². The van der Waals surface area contributed by atoms with Gasteiger partial charge in [0, 0.05) is 31.3 Å². The van der Waals surface area contributed by atoms with Gasteiger partial charge in [0.2, 0.25) is 5.91 Å². The van der Waals surface area contributed by atoms with E-state index < -0.39 is 0 Å². The van der Waals surface area contributed by atoms with Crippen molar-refractivity contribution in [3.05, 3.63) is 76.9 Å². The van der Waals surface area contributed by atoms with E-state index in [9.17, 15) is 9.90 Å². The third-order valence-corrected chi connectivity index (χ3v) is 8.87. The Labute approximate surface area is 237 Å². The Morgan fingerprint density at radius 2 is 1.82 bits per heavy atom. The van der Waals surface area contributed by atoms with Crippen LogP contribution < -0.4 is 5.32 Å². The lowest BCUT2D eigenvalue weighted by molar-refractivity contribution is -0.135. The summed E-state index contributed by atoms with van der Waals surface area (Å²) in [5, 5.41) is 18.5. The molecule has 0 spiro atoms. The fraction of sp³-hybridized carbons (Fsp3) is 0.387. The van der Waals surface area contributed by atoms with E-state index in [2.05, 4.69) is 55.5 Å². The molecule has 7 nitrogen and oxygen atoms in total. The number of benzene rings is 2. The number of nitrogens with one attached hydrogen (secondary N) is 1. The van der Waals surface area contributed by atoms with Gasteiger partial charge in [0.05, 0.1) is 22.3 Å². The van der Waals surface area contributed by atoms with Crippen molar-refractivity contribution in [3.63, 3.8) is 0 Å². The largest absolute Gasteiger partial charge is 0.507 e. The van der Waals surface area contributed by atoms with Crippen LogP contribution >= 0.6 is 15.9 Å². The topological polar surface area (TPSA) is 82.8 Å². The first kappa shape index (κ1) is 25.9. The minimum atomic E-state index is -0.0391. The van der Waals surface area contributed by atoms with Crippen LogP contribution in [0.3, 0.4) is 0 Å². The number of carbonyl (C=O) groups excluding carboxylic acids is 1. The van der Waals surface area contributed by atoms with Gasteiger partial charge < -0.3 is 15.3 Å². The van der Waals surface area contributed by atoms with Gasteiger partial charge in [-0.25, -0.2) is 4.98 Å². The van der Waals surface area contributed by atoms with Crippen LogP contribution in [0.2, 0.25) is 0 Å². The van der Waals surface area contributed by atoms with Crippen molar-refractivity contribution >= 4 is 33.3 Å². The summed E-state index contributed by atoms with van der Waals surface area (Å²) in [7, 11) is 0. The van der Waals surface area contributed by atoms with E-state index in [1.807, 2.05) is 24.3 Å². The summed E-state index contributed by atoms with van der Waals surface area (Å²) < 4.78 is 2.57. The molecule has 1 aliphatic heterocycles. The molecular formula is C31H34BrN5O2. The number of phenolic OH excluding ortho intramolecular Hbond substituents is 1. The van der Waals surface area contributed by atoms with Gasteiger partial charge in [-0.15, -0.1) is 0 Å². The third kappa shape index (κ3) is 5.39. The number of carbonyl (C=O) groups is 1. The number of halogens is 1. The quantitative estimate of drug-likeness (QED) is 0.258. The normalized spacial score (nSPS) is 18.9. The summed E-state index contributed by atoms with van der Waals surface area (Å²) in [5.41, 5.74) is 3.19. The van der Waals surface area contributed by atoms with E-state index >= 15 is 0 Å². The molecule has 2 N–H and O–H groups in total. The fourth-order valence-electron chi connectivity index (χ4n) is 6.34. The summed E-state index contributed by atoms with van der Waals surface area (Å²) in [4.78, 5) is 20.8. The summed E-state index contributed by atoms with van der Waals surface area (Å²) in [6.07, 6.45) is 8.53. The molecule has 1 saturated carbocycles. The van der Waals surface area contributed by atoms with E-state index in [4.69, 9.17) is 4.98 Å². The van der Waals surface area contributed by atoms with Gasteiger partial charge in [-0.2, -0.15) is 9.61 Å². The maximum Gasteiger partial charge on any atom is 0.230 e. The predicted octanol–water partition coefficient (Wildman–Crippen LogP) is 6.49. The van der Waals surface area contributed by atoms with Gasteiger partial charge in [0.25, 0.3) is 0 Å². The van der Waals surface area contributed by atoms with Gasteiger partial charge in [-0.1, -0.05) is 55.3 Å². The molecule has 2 atom stereocenters. The second kappa shape index (κ2) is 11.4. The number of anilines is 1. The molecule has 2 fully saturated rings. The van der Waals surface area contributed by atoms with E-state index in [0.29, 0.717) is 34.6 Å². The Kier molecular flexibility index (Phi) is 7.55. The van der Waals surface area contributed by atoms with Crippen LogP contribution in [0.25, 0.3) is 16.9 Å². The van der Waals surface area contributed by atoms with Crippen molar-refractivity contribution in [2.24, 2.45) is 11.8 Å². The number of fused-ring (bicyclic) bond motifs is 1.